The third-order valence-electron chi connectivity index (χ3n) is 5.72. The summed E-state index contributed by atoms with van der Waals surface area (Å²) in [5.74, 6) is 0.107. The van der Waals surface area contributed by atoms with Crippen molar-refractivity contribution in [3.05, 3.63) is 112 Å². The number of fused-ring (bicyclic) bond motifs is 1. The van der Waals surface area contributed by atoms with E-state index in [4.69, 9.17) is 16.3 Å². The molecule has 0 fully saturated rings. The summed E-state index contributed by atoms with van der Waals surface area (Å²) in [6.45, 7) is 4.22. The number of anilines is 1. The molecule has 168 valence electrons. The smallest absolute Gasteiger partial charge is 0.266 e. The summed E-state index contributed by atoms with van der Waals surface area (Å²) in [4.78, 5) is 13.0. The molecular weight excluding hydrogens is 444 g/mol. The van der Waals surface area contributed by atoms with E-state index in [0.717, 1.165) is 27.5 Å². The van der Waals surface area contributed by atoms with Crippen LogP contribution < -0.4 is 10.1 Å². The van der Waals surface area contributed by atoms with Gasteiger partial charge in [0.2, 0.25) is 0 Å². The average molecular weight is 467 g/mol. The lowest BCUT2D eigenvalue weighted by Gasteiger charge is -2.13. The van der Waals surface area contributed by atoms with E-state index in [9.17, 15) is 10.1 Å². The van der Waals surface area contributed by atoms with Crippen molar-refractivity contribution in [1.29, 1.82) is 5.26 Å². The van der Waals surface area contributed by atoms with Crippen LogP contribution in [0.5, 0.6) is 5.75 Å². The minimum absolute atomic E-state index is 0.00938. The van der Waals surface area contributed by atoms with Gasteiger partial charge in [-0.3, -0.25) is 4.79 Å². The monoisotopic (exact) mass is 466 g/mol. The second kappa shape index (κ2) is 10.2. The standard InChI is InChI=1S/C29H23ClN2O2/c1-19-7-5-12-27(20(19)2)32-29(33)23(17-31)16-26-25-11-4-3-9-22(25)13-14-28(26)34-18-21-8-6-10-24(30)15-21/h3-16H,18H2,1-2H3,(H,32,33)/b23-16+. The van der Waals surface area contributed by atoms with Crippen LogP contribution >= 0.6 is 11.6 Å². The molecule has 4 rings (SSSR count). The molecule has 0 heterocycles. The number of carbonyl (C=O) groups excluding carboxylic acids is 1. The molecule has 0 radical (unpaired) electrons. The highest BCUT2D eigenvalue weighted by Gasteiger charge is 2.15. The van der Waals surface area contributed by atoms with E-state index in [1.165, 1.54) is 0 Å². The van der Waals surface area contributed by atoms with Crippen LogP contribution in [-0.4, -0.2) is 5.91 Å². The third kappa shape index (κ3) is 5.11. The number of benzene rings is 4. The Labute approximate surface area is 204 Å². The Balaban J connectivity index is 1.71. The van der Waals surface area contributed by atoms with Crippen LogP contribution in [0.3, 0.4) is 0 Å². The Morgan fingerprint density at radius 1 is 1.03 bits per heavy atom. The maximum atomic E-state index is 13.0. The normalized spacial score (nSPS) is 11.2. The van der Waals surface area contributed by atoms with Crippen molar-refractivity contribution in [3.63, 3.8) is 0 Å². The number of nitriles is 1. The number of amides is 1. The summed E-state index contributed by atoms with van der Waals surface area (Å²) >= 11 is 6.10. The van der Waals surface area contributed by atoms with Crippen LogP contribution in [-0.2, 0) is 11.4 Å². The van der Waals surface area contributed by atoms with E-state index in [1.54, 1.807) is 6.08 Å². The summed E-state index contributed by atoms with van der Waals surface area (Å²) in [6.07, 6.45) is 1.59. The molecular formula is C29H23ClN2O2. The van der Waals surface area contributed by atoms with Gasteiger partial charge < -0.3 is 10.1 Å². The second-order valence-corrected chi connectivity index (χ2v) is 8.42. The van der Waals surface area contributed by atoms with E-state index in [-0.39, 0.29) is 5.57 Å². The fourth-order valence-electron chi connectivity index (χ4n) is 3.71. The van der Waals surface area contributed by atoms with Gasteiger partial charge in [0.05, 0.1) is 0 Å². The first-order chi connectivity index (χ1) is 16.5. The second-order valence-electron chi connectivity index (χ2n) is 7.99. The van der Waals surface area contributed by atoms with Crippen LogP contribution in [0.4, 0.5) is 5.69 Å². The summed E-state index contributed by atoms with van der Waals surface area (Å²) in [6, 6.07) is 26.8. The molecule has 0 aliphatic rings. The highest BCUT2D eigenvalue weighted by Crippen LogP contribution is 2.31. The number of ether oxygens (including phenoxy) is 1. The Kier molecular flexibility index (Phi) is 6.96. The number of hydrogen-bond acceptors (Lipinski definition) is 3. The van der Waals surface area contributed by atoms with Gasteiger partial charge in [-0.1, -0.05) is 66.2 Å². The van der Waals surface area contributed by atoms with Gasteiger partial charge in [-0.15, -0.1) is 0 Å². The first kappa shape index (κ1) is 23.1. The molecule has 0 aliphatic carbocycles. The Hall–Kier alpha value is -4.07. The number of carbonyl (C=O) groups is 1. The zero-order valence-corrected chi connectivity index (χ0v) is 19.7. The number of aryl methyl sites for hydroxylation is 1. The number of hydrogen-bond donors (Lipinski definition) is 1. The number of halogens is 1. The van der Waals surface area contributed by atoms with Crippen molar-refractivity contribution < 1.29 is 9.53 Å². The number of nitrogens with zero attached hydrogens (tertiary/aromatic N) is 1. The quantitative estimate of drug-likeness (QED) is 0.241. The average Bonchev–Trinajstić information content (AvgIpc) is 2.84. The fraction of sp³-hybridized carbons (Fsp3) is 0.103. The Morgan fingerprint density at radius 3 is 2.62 bits per heavy atom. The molecule has 0 spiro atoms. The molecule has 1 N–H and O–H groups in total. The summed E-state index contributed by atoms with van der Waals surface area (Å²) in [7, 11) is 0. The van der Waals surface area contributed by atoms with Gasteiger partial charge in [0.1, 0.15) is 24.0 Å². The topological polar surface area (TPSA) is 62.1 Å². The van der Waals surface area contributed by atoms with Crippen molar-refractivity contribution in [2.24, 2.45) is 0 Å². The largest absolute Gasteiger partial charge is 0.488 e. The van der Waals surface area contributed by atoms with Crippen LogP contribution in [0.25, 0.3) is 16.8 Å². The van der Waals surface area contributed by atoms with Gasteiger partial charge in [0.25, 0.3) is 5.91 Å². The first-order valence-electron chi connectivity index (χ1n) is 10.8. The van der Waals surface area contributed by atoms with Crippen molar-refractivity contribution in [2.75, 3.05) is 5.32 Å². The van der Waals surface area contributed by atoms with Gasteiger partial charge in [0, 0.05) is 16.3 Å². The maximum absolute atomic E-state index is 13.0. The Morgan fingerprint density at radius 2 is 1.82 bits per heavy atom. The van der Waals surface area contributed by atoms with Gasteiger partial charge in [-0.2, -0.15) is 5.26 Å². The first-order valence-corrected chi connectivity index (χ1v) is 11.2. The van der Waals surface area contributed by atoms with E-state index in [1.807, 2.05) is 92.7 Å². The highest BCUT2D eigenvalue weighted by atomic mass is 35.5. The van der Waals surface area contributed by atoms with Crippen molar-refractivity contribution >= 4 is 40.0 Å². The molecule has 1 amide bonds. The van der Waals surface area contributed by atoms with E-state index in [0.29, 0.717) is 28.6 Å². The molecule has 4 aromatic rings. The minimum atomic E-state index is -0.468. The third-order valence-corrected chi connectivity index (χ3v) is 5.96. The van der Waals surface area contributed by atoms with Crippen LogP contribution in [0.1, 0.15) is 22.3 Å². The predicted octanol–water partition coefficient (Wildman–Crippen LogP) is 7.23. The fourth-order valence-corrected chi connectivity index (χ4v) is 3.92. The summed E-state index contributed by atoms with van der Waals surface area (Å²) in [5.41, 5.74) is 4.29. The SMILES string of the molecule is Cc1cccc(NC(=O)/C(C#N)=C/c2c(OCc3cccc(Cl)c3)ccc3ccccc23)c1C. The molecule has 0 atom stereocenters. The molecule has 0 saturated carbocycles. The van der Waals surface area contributed by atoms with Gasteiger partial charge in [-0.05, 0) is 71.7 Å². The van der Waals surface area contributed by atoms with Crippen molar-refractivity contribution in [3.8, 4) is 11.8 Å². The maximum Gasteiger partial charge on any atom is 0.266 e. The van der Waals surface area contributed by atoms with Crippen molar-refractivity contribution in [1.82, 2.24) is 0 Å². The predicted molar refractivity (Wildman–Crippen MR) is 138 cm³/mol. The van der Waals surface area contributed by atoms with E-state index in [2.05, 4.69) is 11.4 Å². The zero-order chi connectivity index (χ0) is 24.1. The van der Waals surface area contributed by atoms with Gasteiger partial charge in [-0.25, -0.2) is 0 Å². The molecule has 4 aromatic carbocycles. The lowest BCUT2D eigenvalue weighted by atomic mass is 10.0. The lowest BCUT2D eigenvalue weighted by molar-refractivity contribution is -0.112. The van der Waals surface area contributed by atoms with Crippen LogP contribution in [0.15, 0.2) is 84.4 Å². The molecule has 0 aromatic heterocycles. The lowest BCUT2D eigenvalue weighted by Crippen LogP contribution is -2.14. The molecule has 0 bridgehead atoms. The van der Waals surface area contributed by atoms with Gasteiger partial charge >= 0.3 is 0 Å². The summed E-state index contributed by atoms with van der Waals surface area (Å²) < 4.78 is 6.12. The molecule has 0 saturated heterocycles. The van der Waals surface area contributed by atoms with E-state index < -0.39 is 5.91 Å². The number of nitrogens with one attached hydrogen (secondary N) is 1. The van der Waals surface area contributed by atoms with Crippen LogP contribution in [0, 0.1) is 25.2 Å². The highest BCUT2D eigenvalue weighted by molar-refractivity contribution is 6.30. The number of rotatable bonds is 6. The van der Waals surface area contributed by atoms with E-state index >= 15 is 0 Å². The molecule has 34 heavy (non-hydrogen) atoms. The van der Waals surface area contributed by atoms with Crippen LogP contribution in [0.2, 0.25) is 5.02 Å². The molecule has 5 heteroatoms. The minimum Gasteiger partial charge on any atom is -0.488 e. The molecule has 0 aliphatic heterocycles. The van der Waals surface area contributed by atoms with Crippen molar-refractivity contribution in [2.45, 2.75) is 20.5 Å². The molecule has 0 unspecified atom stereocenters. The zero-order valence-electron chi connectivity index (χ0n) is 18.9. The Bertz CT molecular complexity index is 1450. The molecule has 4 nitrogen and oxygen atoms in total. The summed E-state index contributed by atoms with van der Waals surface area (Å²) in [5, 5.41) is 15.2. The van der Waals surface area contributed by atoms with Gasteiger partial charge in [0.15, 0.2) is 0 Å².